The summed E-state index contributed by atoms with van der Waals surface area (Å²) in [6.07, 6.45) is 8.54. The molecule has 1 saturated carbocycles. The predicted octanol–water partition coefficient (Wildman–Crippen LogP) is 2.24. The Labute approximate surface area is 163 Å². The Hall–Kier alpha value is -0.670. The molecule has 0 heterocycles. The van der Waals surface area contributed by atoms with Crippen LogP contribution in [0.4, 0.5) is 0 Å². The van der Waals surface area contributed by atoms with E-state index in [1.807, 2.05) is 0 Å². The molecule has 26 heavy (non-hydrogen) atoms. The summed E-state index contributed by atoms with van der Waals surface area (Å²) in [5.41, 5.74) is 0.580. The van der Waals surface area contributed by atoms with Gasteiger partial charge in [0.15, 0.2) is 9.84 Å². The summed E-state index contributed by atoms with van der Waals surface area (Å²) in [6, 6.07) is 6.46. The number of benzene rings is 1. The first-order valence-corrected chi connectivity index (χ1v) is 12.3. The minimum atomic E-state index is -3.57. The maximum atomic E-state index is 12.3. The molecule has 0 unspecified atom stereocenters. The Bertz CT molecular complexity index is 741. The highest BCUT2D eigenvalue weighted by molar-refractivity contribution is 7.90. The van der Waals surface area contributed by atoms with Crippen molar-refractivity contribution >= 4 is 32.3 Å². The first-order chi connectivity index (χ1) is 11.8. The molecular formula is C17H29ClN2O4S2. The molecule has 0 saturated heterocycles. The number of hydrogen-bond donors (Lipinski definition) is 2. The molecule has 0 atom stereocenters. The van der Waals surface area contributed by atoms with Crippen molar-refractivity contribution in [3.63, 3.8) is 0 Å². The van der Waals surface area contributed by atoms with E-state index in [-0.39, 0.29) is 23.1 Å². The van der Waals surface area contributed by atoms with Crippen LogP contribution in [0.5, 0.6) is 0 Å². The molecule has 1 aliphatic carbocycles. The van der Waals surface area contributed by atoms with Crippen molar-refractivity contribution in [2.45, 2.75) is 55.2 Å². The lowest BCUT2D eigenvalue weighted by atomic mass is 10.1. The molecular weight excluding hydrogens is 396 g/mol. The van der Waals surface area contributed by atoms with Gasteiger partial charge in [0.25, 0.3) is 0 Å². The number of hydrogen-bond acceptors (Lipinski definition) is 5. The number of sulfonamides is 1. The van der Waals surface area contributed by atoms with Gasteiger partial charge in [0.1, 0.15) is 0 Å². The molecule has 2 rings (SSSR count). The van der Waals surface area contributed by atoms with Crippen molar-refractivity contribution in [1.82, 2.24) is 10.0 Å². The van der Waals surface area contributed by atoms with Gasteiger partial charge >= 0.3 is 0 Å². The molecule has 0 bridgehead atoms. The Kier molecular flexibility index (Phi) is 9.54. The number of sulfone groups is 1. The standard InChI is InChI=1S/C17H28N2O4S2.ClH/c1-24(20,21)14-15-8-10-17(11-9-15)25(22,23)19-13-12-18-16-6-4-2-3-5-7-16;/h8-11,16,18-19H,2-7,12-14H2,1H3;1H. The van der Waals surface area contributed by atoms with Crippen molar-refractivity contribution in [1.29, 1.82) is 0 Å². The van der Waals surface area contributed by atoms with Gasteiger partial charge in [-0.05, 0) is 30.5 Å². The van der Waals surface area contributed by atoms with E-state index >= 15 is 0 Å². The average molecular weight is 425 g/mol. The molecule has 1 aromatic rings. The fourth-order valence-corrected chi connectivity index (χ4v) is 4.93. The molecule has 9 heteroatoms. The van der Waals surface area contributed by atoms with Crippen molar-refractivity contribution < 1.29 is 16.8 Å². The second kappa shape index (κ2) is 10.6. The summed E-state index contributed by atoms with van der Waals surface area (Å²) in [6.45, 7) is 0.944. The average Bonchev–Trinajstić information content (AvgIpc) is 2.79. The lowest BCUT2D eigenvalue weighted by molar-refractivity contribution is 0.461. The monoisotopic (exact) mass is 424 g/mol. The van der Waals surface area contributed by atoms with Crippen molar-refractivity contribution in [3.05, 3.63) is 29.8 Å². The highest BCUT2D eigenvalue weighted by Crippen LogP contribution is 2.17. The lowest BCUT2D eigenvalue weighted by Crippen LogP contribution is -2.36. The van der Waals surface area contributed by atoms with Gasteiger partial charge in [0.2, 0.25) is 10.0 Å². The van der Waals surface area contributed by atoms with Crippen molar-refractivity contribution in [3.8, 4) is 0 Å². The van der Waals surface area contributed by atoms with Gasteiger partial charge in [-0.3, -0.25) is 0 Å². The van der Waals surface area contributed by atoms with Crippen molar-refractivity contribution in [2.75, 3.05) is 19.3 Å². The molecule has 150 valence electrons. The van der Waals surface area contributed by atoms with Gasteiger partial charge in [0.05, 0.1) is 10.6 Å². The maximum Gasteiger partial charge on any atom is 0.240 e. The van der Waals surface area contributed by atoms with Gasteiger partial charge in [-0.25, -0.2) is 21.6 Å². The topological polar surface area (TPSA) is 92.3 Å². The zero-order chi connectivity index (χ0) is 18.3. The number of halogens is 1. The van der Waals surface area contributed by atoms with Crippen LogP contribution in [0.15, 0.2) is 29.2 Å². The van der Waals surface area contributed by atoms with E-state index in [1.54, 1.807) is 12.1 Å². The van der Waals surface area contributed by atoms with Crippen LogP contribution in [-0.2, 0) is 25.6 Å². The second-order valence-corrected chi connectivity index (χ2v) is 10.7. The normalized spacial score (nSPS) is 16.7. The van der Waals surface area contributed by atoms with E-state index in [2.05, 4.69) is 10.0 Å². The zero-order valence-electron chi connectivity index (χ0n) is 15.1. The van der Waals surface area contributed by atoms with Crippen LogP contribution in [0.25, 0.3) is 0 Å². The second-order valence-electron chi connectivity index (χ2n) is 6.75. The van der Waals surface area contributed by atoms with Gasteiger partial charge in [-0.1, -0.05) is 37.8 Å². The zero-order valence-corrected chi connectivity index (χ0v) is 17.6. The molecule has 2 N–H and O–H groups in total. The van der Waals surface area contributed by atoms with Crippen LogP contribution in [0.1, 0.15) is 44.1 Å². The highest BCUT2D eigenvalue weighted by Gasteiger charge is 2.15. The number of nitrogens with one attached hydrogen (secondary N) is 2. The van der Waals surface area contributed by atoms with Crippen molar-refractivity contribution in [2.24, 2.45) is 0 Å². The smallest absolute Gasteiger partial charge is 0.240 e. The SMILES string of the molecule is CS(=O)(=O)Cc1ccc(S(=O)(=O)NCCNC2CCCCCC2)cc1.Cl. The number of rotatable bonds is 8. The van der Waals surface area contributed by atoms with Crippen LogP contribution in [0.2, 0.25) is 0 Å². The van der Waals surface area contributed by atoms with E-state index in [0.717, 1.165) is 19.1 Å². The molecule has 1 aromatic carbocycles. The molecule has 0 aliphatic heterocycles. The molecule has 1 aliphatic rings. The van der Waals surface area contributed by atoms with Crippen LogP contribution in [-0.4, -0.2) is 42.2 Å². The third-order valence-electron chi connectivity index (χ3n) is 4.37. The van der Waals surface area contributed by atoms with Crippen LogP contribution in [0.3, 0.4) is 0 Å². The fourth-order valence-electron chi connectivity index (χ4n) is 3.10. The molecule has 0 spiro atoms. The van der Waals surface area contributed by atoms with Gasteiger partial charge < -0.3 is 5.32 Å². The van der Waals surface area contributed by atoms with Crippen LogP contribution >= 0.6 is 12.4 Å². The summed E-state index contributed by atoms with van der Waals surface area (Å²) in [5.74, 6) is -0.0912. The van der Waals surface area contributed by atoms with Crippen LogP contribution in [0, 0.1) is 0 Å². The summed E-state index contributed by atoms with van der Waals surface area (Å²) in [5, 5.41) is 3.43. The lowest BCUT2D eigenvalue weighted by Gasteiger charge is -2.16. The largest absolute Gasteiger partial charge is 0.313 e. The Morgan fingerprint density at radius 3 is 2.04 bits per heavy atom. The highest BCUT2D eigenvalue weighted by atomic mass is 35.5. The van der Waals surface area contributed by atoms with Gasteiger partial charge in [-0.15, -0.1) is 12.4 Å². The Morgan fingerprint density at radius 1 is 0.923 bits per heavy atom. The van der Waals surface area contributed by atoms with E-state index in [1.165, 1.54) is 37.8 Å². The van der Waals surface area contributed by atoms with Gasteiger partial charge in [0, 0.05) is 25.4 Å². The molecule has 0 radical (unpaired) electrons. The van der Waals surface area contributed by atoms with E-state index in [0.29, 0.717) is 24.7 Å². The van der Waals surface area contributed by atoms with E-state index in [9.17, 15) is 16.8 Å². The first-order valence-electron chi connectivity index (χ1n) is 8.76. The first kappa shape index (κ1) is 23.4. The summed E-state index contributed by atoms with van der Waals surface area (Å²) >= 11 is 0. The third-order valence-corrected chi connectivity index (χ3v) is 6.70. The quantitative estimate of drug-likeness (QED) is 0.493. The molecule has 6 nitrogen and oxygen atoms in total. The molecule has 1 fully saturated rings. The minimum absolute atomic E-state index is 0. The summed E-state index contributed by atoms with van der Waals surface area (Å²) in [4.78, 5) is 0.152. The Balaban J connectivity index is 0.00000338. The van der Waals surface area contributed by atoms with Gasteiger partial charge in [-0.2, -0.15) is 0 Å². The summed E-state index contributed by atoms with van der Waals surface area (Å²) in [7, 11) is -6.70. The maximum absolute atomic E-state index is 12.3. The van der Waals surface area contributed by atoms with E-state index in [4.69, 9.17) is 0 Å². The minimum Gasteiger partial charge on any atom is -0.313 e. The molecule has 0 aromatic heterocycles. The van der Waals surface area contributed by atoms with Crippen LogP contribution < -0.4 is 10.0 Å². The predicted molar refractivity (Wildman–Crippen MR) is 107 cm³/mol. The Morgan fingerprint density at radius 2 is 1.50 bits per heavy atom. The third kappa shape index (κ3) is 8.35. The fraction of sp³-hybridized carbons (Fsp3) is 0.647. The molecule has 0 amide bonds. The van der Waals surface area contributed by atoms with E-state index < -0.39 is 19.9 Å². The summed E-state index contributed by atoms with van der Waals surface area (Å²) < 4.78 is 49.7.